The van der Waals surface area contributed by atoms with E-state index in [9.17, 15) is 22.8 Å². The van der Waals surface area contributed by atoms with Crippen molar-refractivity contribution in [2.75, 3.05) is 37.9 Å². The van der Waals surface area contributed by atoms with Crippen molar-refractivity contribution >= 4 is 35.8 Å². The number of alkyl halides is 3. The highest BCUT2D eigenvalue weighted by Gasteiger charge is 2.40. The second-order valence-electron chi connectivity index (χ2n) is 8.98. The van der Waals surface area contributed by atoms with E-state index in [0.29, 0.717) is 48.0 Å². The highest BCUT2D eigenvalue weighted by atomic mass is 35.5. The number of hydrogen-bond donors (Lipinski definition) is 1. The zero-order valence-electron chi connectivity index (χ0n) is 21.3. The van der Waals surface area contributed by atoms with Crippen LogP contribution in [0, 0.1) is 5.92 Å². The molecule has 1 aliphatic heterocycles. The molecule has 1 saturated heterocycles. The molecule has 0 aliphatic carbocycles. The molecule has 3 aromatic rings. The molecule has 0 saturated carbocycles. The van der Waals surface area contributed by atoms with Crippen LogP contribution in [-0.4, -0.2) is 55.2 Å². The quantitative estimate of drug-likeness (QED) is 0.310. The molecule has 0 spiro atoms. The molecule has 1 aliphatic rings. The van der Waals surface area contributed by atoms with Gasteiger partial charge in [-0.1, -0.05) is 12.1 Å². The topological polar surface area (TPSA) is 108 Å². The molecule has 2 aromatic heterocycles. The number of anilines is 2. The van der Waals surface area contributed by atoms with Crippen LogP contribution in [0.15, 0.2) is 48.5 Å². The molecule has 1 fully saturated rings. The Hall–Kier alpha value is -3.86. The number of piperidine rings is 1. The predicted octanol–water partition coefficient (Wildman–Crippen LogP) is 5.15. The molecule has 0 radical (unpaired) electrons. The summed E-state index contributed by atoms with van der Waals surface area (Å²) in [7, 11) is 2.88. The van der Waals surface area contributed by atoms with E-state index in [1.165, 1.54) is 13.2 Å². The van der Waals surface area contributed by atoms with Crippen molar-refractivity contribution in [3.05, 3.63) is 65.4 Å². The summed E-state index contributed by atoms with van der Waals surface area (Å²) in [6, 6.07) is 13.3. The highest BCUT2D eigenvalue weighted by Crippen LogP contribution is 2.33. The van der Waals surface area contributed by atoms with Crippen molar-refractivity contribution in [1.29, 1.82) is 0 Å². The van der Waals surface area contributed by atoms with Gasteiger partial charge in [-0.2, -0.15) is 13.2 Å². The normalized spacial score (nSPS) is 15.3. The first-order chi connectivity index (χ1) is 18.1. The lowest BCUT2D eigenvalue weighted by atomic mass is 9.92. The molecule has 3 heterocycles. The van der Waals surface area contributed by atoms with Crippen molar-refractivity contribution in [3.63, 3.8) is 0 Å². The number of nitrogens with two attached hydrogens (primary N) is 1. The van der Waals surface area contributed by atoms with Crippen LogP contribution in [0.1, 0.15) is 39.3 Å². The van der Waals surface area contributed by atoms with Crippen LogP contribution in [0.3, 0.4) is 0 Å². The first kappa shape index (κ1) is 29.7. The van der Waals surface area contributed by atoms with Gasteiger partial charge < -0.3 is 20.1 Å². The molecular weight excluding hydrogens is 537 g/mol. The Morgan fingerprint density at radius 3 is 2.44 bits per heavy atom. The van der Waals surface area contributed by atoms with Gasteiger partial charge in [-0.05, 0) is 61.6 Å². The number of para-hydroxylation sites is 1. The molecule has 8 nitrogen and oxygen atoms in total. The number of ketones is 1. The van der Waals surface area contributed by atoms with Crippen LogP contribution in [-0.2, 0) is 11.2 Å². The number of ether oxygens (including phenoxy) is 2. The van der Waals surface area contributed by atoms with Crippen LogP contribution in [0.4, 0.5) is 24.8 Å². The Kier molecular flexibility index (Phi) is 9.39. The van der Waals surface area contributed by atoms with Gasteiger partial charge in [0.25, 0.3) is 5.78 Å². The second kappa shape index (κ2) is 12.3. The lowest BCUT2D eigenvalue weighted by Crippen LogP contribution is -2.38. The number of rotatable bonds is 7. The zero-order valence-corrected chi connectivity index (χ0v) is 22.1. The van der Waals surface area contributed by atoms with Crippen LogP contribution < -0.4 is 15.4 Å². The smallest absolute Gasteiger partial charge is 0.455 e. The average Bonchev–Trinajstić information content (AvgIpc) is 2.91. The summed E-state index contributed by atoms with van der Waals surface area (Å²) in [5, 5.41) is 0. The van der Waals surface area contributed by atoms with Gasteiger partial charge in [0.15, 0.2) is 0 Å². The molecule has 208 valence electrons. The van der Waals surface area contributed by atoms with Crippen molar-refractivity contribution in [2.45, 2.75) is 25.4 Å². The number of methoxy groups -OCH3 is 2. The molecular formula is C27H28ClF3N4O4. The first-order valence-corrected chi connectivity index (χ1v) is 12.0. The number of aromatic nitrogens is 2. The fraction of sp³-hybridized carbons (Fsp3) is 0.333. The van der Waals surface area contributed by atoms with Crippen molar-refractivity contribution in [3.8, 4) is 17.0 Å². The van der Waals surface area contributed by atoms with Crippen LogP contribution >= 0.6 is 12.4 Å². The summed E-state index contributed by atoms with van der Waals surface area (Å²) in [6.45, 7) is 1.18. The lowest BCUT2D eigenvalue weighted by molar-refractivity contribution is -0.0884. The second-order valence-corrected chi connectivity index (χ2v) is 8.98. The maximum absolute atomic E-state index is 12.8. The molecule has 39 heavy (non-hydrogen) atoms. The van der Waals surface area contributed by atoms with E-state index < -0.39 is 29.3 Å². The number of nitrogen functional groups attached to an aromatic ring is 1. The van der Waals surface area contributed by atoms with Gasteiger partial charge in [-0.25, -0.2) is 14.8 Å². The molecule has 4 rings (SSSR count). The van der Waals surface area contributed by atoms with E-state index in [4.69, 9.17) is 20.2 Å². The van der Waals surface area contributed by atoms with Crippen LogP contribution in [0.25, 0.3) is 11.3 Å². The Bertz CT molecular complexity index is 1350. The zero-order chi connectivity index (χ0) is 27.4. The summed E-state index contributed by atoms with van der Waals surface area (Å²) in [5.74, 6) is -1.80. The number of Topliss-reactive ketones (excluding diaryl/α,β-unsaturated/α-hetero) is 1. The first-order valence-electron chi connectivity index (χ1n) is 12.0. The van der Waals surface area contributed by atoms with E-state index in [1.54, 1.807) is 19.2 Å². The monoisotopic (exact) mass is 564 g/mol. The van der Waals surface area contributed by atoms with Crippen LogP contribution in [0.5, 0.6) is 5.75 Å². The van der Waals surface area contributed by atoms with E-state index >= 15 is 0 Å². The van der Waals surface area contributed by atoms with Crippen molar-refractivity contribution < 1.29 is 32.2 Å². The highest BCUT2D eigenvalue weighted by molar-refractivity contribution is 6.03. The SMILES string of the molecule is COC(=O)c1ccc(-c2ccccc2OC)nc1N1CCCC(Cc2ccc(C(=O)C(F)(F)F)c(N)n2)C1.Cl. The minimum atomic E-state index is -5.02. The van der Waals surface area contributed by atoms with E-state index in [-0.39, 0.29) is 18.3 Å². The largest absolute Gasteiger partial charge is 0.496 e. The fourth-order valence-electron chi connectivity index (χ4n) is 4.66. The van der Waals surface area contributed by atoms with E-state index in [2.05, 4.69) is 4.98 Å². The number of hydrogen-bond acceptors (Lipinski definition) is 8. The van der Waals surface area contributed by atoms with Crippen LogP contribution in [0.2, 0.25) is 0 Å². The summed E-state index contributed by atoms with van der Waals surface area (Å²) < 4.78 is 48.9. The fourth-order valence-corrected chi connectivity index (χ4v) is 4.66. The number of halogens is 4. The molecule has 1 atom stereocenters. The van der Waals surface area contributed by atoms with Gasteiger partial charge in [-0.3, -0.25) is 4.79 Å². The van der Waals surface area contributed by atoms with Gasteiger partial charge in [0.2, 0.25) is 0 Å². The predicted molar refractivity (Wildman–Crippen MR) is 142 cm³/mol. The number of carbonyl (C=O) groups excluding carboxylic acids is 2. The van der Waals surface area contributed by atoms with E-state index in [1.807, 2.05) is 29.2 Å². The molecule has 1 unspecified atom stereocenters. The maximum atomic E-state index is 12.8. The maximum Gasteiger partial charge on any atom is 0.455 e. The van der Waals surface area contributed by atoms with Crippen molar-refractivity contribution in [2.24, 2.45) is 5.92 Å². The van der Waals surface area contributed by atoms with Gasteiger partial charge in [-0.15, -0.1) is 12.4 Å². The lowest BCUT2D eigenvalue weighted by Gasteiger charge is -2.34. The molecule has 12 heteroatoms. The molecule has 2 N–H and O–H groups in total. The minimum Gasteiger partial charge on any atom is -0.496 e. The third-order valence-corrected chi connectivity index (χ3v) is 6.46. The summed E-state index contributed by atoms with van der Waals surface area (Å²) >= 11 is 0. The number of esters is 1. The minimum absolute atomic E-state index is 0. The Labute approximate surface area is 229 Å². The third kappa shape index (κ3) is 6.59. The van der Waals surface area contributed by atoms with Gasteiger partial charge >= 0.3 is 12.1 Å². The third-order valence-electron chi connectivity index (χ3n) is 6.46. The standard InChI is InChI=1S/C27H27F3N4O4.ClH/c1-37-22-8-4-3-7-18(22)21-12-11-20(26(36)38-2)25(33-21)34-13-5-6-16(15-34)14-17-9-10-19(24(31)32-17)23(35)27(28,29)30;/h3-4,7-12,16H,5-6,13-15H2,1-2H3,(H2,31,32);1H. The number of pyridine rings is 2. The average molecular weight is 565 g/mol. The molecule has 1 aromatic carbocycles. The molecule has 0 bridgehead atoms. The Morgan fingerprint density at radius 1 is 1.05 bits per heavy atom. The molecule has 0 amide bonds. The summed E-state index contributed by atoms with van der Waals surface area (Å²) in [4.78, 5) is 35.0. The Balaban J connectivity index is 0.00000420. The van der Waals surface area contributed by atoms with Gasteiger partial charge in [0.1, 0.15) is 22.9 Å². The van der Waals surface area contributed by atoms with Gasteiger partial charge in [0.05, 0.1) is 25.5 Å². The van der Waals surface area contributed by atoms with Gasteiger partial charge in [0, 0.05) is 24.3 Å². The summed E-state index contributed by atoms with van der Waals surface area (Å²) in [5.41, 5.74) is 7.24. The summed E-state index contributed by atoms with van der Waals surface area (Å²) in [6.07, 6.45) is -2.96. The van der Waals surface area contributed by atoms with E-state index in [0.717, 1.165) is 24.5 Å². The van der Waals surface area contributed by atoms with Crippen molar-refractivity contribution in [1.82, 2.24) is 9.97 Å². The number of benzene rings is 1. The number of nitrogens with zero attached hydrogens (tertiary/aromatic N) is 3. The Morgan fingerprint density at radius 2 is 1.77 bits per heavy atom. The number of carbonyl (C=O) groups is 2.